The summed E-state index contributed by atoms with van der Waals surface area (Å²) in [5.74, 6) is -0.137. The van der Waals surface area contributed by atoms with E-state index in [0.29, 0.717) is 17.9 Å². The summed E-state index contributed by atoms with van der Waals surface area (Å²) < 4.78 is 6.02. The Morgan fingerprint density at radius 3 is 2.47 bits per heavy atom. The Morgan fingerprint density at radius 1 is 1.41 bits per heavy atom. The molecule has 4 heteroatoms. The lowest BCUT2D eigenvalue weighted by atomic mass is 10.1. The number of hydrogen-bond donors (Lipinski definition) is 0. The molecule has 0 N–H and O–H groups in total. The molecule has 0 aliphatic carbocycles. The van der Waals surface area contributed by atoms with Gasteiger partial charge in [0.05, 0.1) is 5.56 Å². The maximum absolute atomic E-state index is 11.7. The number of carbonyl (C=O) groups excluding carboxylic acids is 1. The van der Waals surface area contributed by atoms with E-state index in [1.165, 1.54) is 0 Å². The summed E-state index contributed by atoms with van der Waals surface area (Å²) in [5, 5.41) is 8.88. The Labute approximate surface area is 110 Å². The molecular weight excluding hydrogens is 282 g/mol. The van der Waals surface area contributed by atoms with E-state index in [2.05, 4.69) is 15.9 Å². The van der Waals surface area contributed by atoms with E-state index in [9.17, 15) is 4.79 Å². The largest absolute Gasteiger partial charge is 0.443 e. The van der Waals surface area contributed by atoms with Crippen molar-refractivity contribution in [3.05, 3.63) is 34.3 Å². The van der Waals surface area contributed by atoms with Crippen LogP contribution in [0.4, 0.5) is 0 Å². The number of rotatable bonds is 4. The lowest BCUT2D eigenvalue weighted by molar-refractivity contribution is 0.0373. The standard InChI is InChI=1S/C13H14BrNO2/c1-9(2)7-12(8-15)17-13(16)10-3-5-11(14)6-4-10/h3-6,9,12H,7H2,1-2H3/t12-/m1/s1. The first-order chi connectivity index (χ1) is 8.02. The van der Waals surface area contributed by atoms with Crippen molar-refractivity contribution in [2.45, 2.75) is 26.4 Å². The SMILES string of the molecule is CC(C)C[C@H](C#N)OC(=O)c1ccc(Br)cc1. The second-order valence-corrected chi connectivity index (χ2v) is 5.08. The summed E-state index contributed by atoms with van der Waals surface area (Å²) in [6.45, 7) is 3.97. The molecule has 1 aromatic rings. The number of hydrogen-bond acceptors (Lipinski definition) is 3. The van der Waals surface area contributed by atoms with Crippen LogP contribution in [0.15, 0.2) is 28.7 Å². The average molecular weight is 296 g/mol. The molecule has 0 fully saturated rings. The van der Waals surface area contributed by atoms with Crippen LogP contribution in [0, 0.1) is 17.2 Å². The smallest absolute Gasteiger partial charge is 0.339 e. The highest BCUT2D eigenvalue weighted by Gasteiger charge is 2.16. The molecule has 1 atom stereocenters. The van der Waals surface area contributed by atoms with Gasteiger partial charge in [0, 0.05) is 10.9 Å². The zero-order chi connectivity index (χ0) is 12.8. The number of halogens is 1. The van der Waals surface area contributed by atoms with Gasteiger partial charge in [-0.05, 0) is 30.2 Å². The number of esters is 1. The minimum absolute atomic E-state index is 0.317. The fraction of sp³-hybridized carbons (Fsp3) is 0.385. The first-order valence-electron chi connectivity index (χ1n) is 5.39. The summed E-state index contributed by atoms with van der Waals surface area (Å²) in [7, 11) is 0. The van der Waals surface area contributed by atoms with E-state index in [4.69, 9.17) is 10.00 Å². The number of nitriles is 1. The minimum Gasteiger partial charge on any atom is -0.443 e. The van der Waals surface area contributed by atoms with Crippen LogP contribution in [0.5, 0.6) is 0 Å². The Morgan fingerprint density at radius 2 is 2.00 bits per heavy atom. The lowest BCUT2D eigenvalue weighted by Crippen LogP contribution is -2.18. The number of carbonyl (C=O) groups is 1. The second-order valence-electron chi connectivity index (χ2n) is 4.16. The fourth-order valence-electron chi connectivity index (χ4n) is 1.34. The molecule has 0 heterocycles. The van der Waals surface area contributed by atoms with E-state index in [1.54, 1.807) is 24.3 Å². The van der Waals surface area contributed by atoms with E-state index in [-0.39, 0.29) is 0 Å². The van der Waals surface area contributed by atoms with Crippen LogP contribution < -0.4 is 0 Å². The molecule has 0 radical (unpaired) electrons. The van der Waals surface area contributed by atoms with Gasteiger partial charge in [-0.1, -0.05) is 29.8 Å². The third-order valence-corrected chi connectivity index (χ3v) is 2.69. The molecule has 0 bridgehead atoms. The van der Waals surface area contributed by atoms with Crippen molar-refractivity contribution in [2.24, 2.45) is 5.92 Å². The van der Waals surface area contributed by atoms with Crippen LogP contribution in [-0.2, 0) is 4.74 Å². The molecule has 0 aliphatic heterocycles. The van der Waals surface area contributed by atoms with Crippen LogP contribution in [0.3, 0.4) is 0 Å². The highest BCUT2D eigenvalue weighted by Crippen LogP contribution is 2.14. The molecule has 0 aliphatic rings. The Balaban J connectivity index is 2.65. The topological polar surface area (TPSA) is 50.1 Å². The zero-order valence-electron chi connectivity index (χ0n) is 9.81. The molecule has 0 amide bonds. The third-order valence-electron chi connectivity index (χ3n) is 2.16. The van der Waals surface area contributed by atoms with Crippen LogP contribution in [0.25, 0.3) is 0 Å². The first kappa shape index (κ1) is 13.7. The van der Waals surface area contributed by atoms with E-state index in [1.807, 2.05) is 19.9 Å². The highest BCUT2D eigenvalue weighted by molar-refractivity contribution is 9.10. The summed E-state index contributed by atoms with van der Waals surface area (Å²) >= 11 is 3.29. The average Bonchev–Trinajstić information content (AvgIpc) is 2.28. The van der Waals surface area contributed by atoms with Gasteiger partial charge < -0.3 is 4.74 Å². The van der Waals surface area contributed by atoms with E-state index in [0.717, 1.165) is 4.47 Å². The van der Waals surface area contributed by atoms with Gasteiger partial charge in [0.15, 0.2) is 6.10 Å². The summed E-state index contributed by atoms with van der Waals surface area (Å²) in [6.07, 6.45) is -0.121. The number of benzene rings is 1. The Bertz CT molecular complexity index is 420. The maximum atomic E-state index is 11.7. The number of nitrogens with zero attached hydrogens (tertiary/aromatic N) is 1. The summed E-state index contributed by atoms with van der Waals surface area (Å²) in [5.41, 5.74) is 0.456. The van der Waals surface area contributed by atoms with Crippen molar-refractivity contribution < 1.29 is 9.53 Å². The van der Waals surface area contributed by atoms with Crippen molar-refractivity contribution in [3.63, 3.8) is 0 Å². The quantitative estimate of drug-likeness (QED) is 0.798. The molecule has 0 unspecified atom stereocenters. The number of ether oxygens (including phenoxy) is 1. The van der Waals surface area contributed by atoms with Gasteiger partial charge in [0.2, 0.25) is 0 Å². The first-order valence-corrected chi connectivity index (χ1v) is 6.18. The van der Waals surface area contributed by atoms with Gasteiger partial charge in [0.1, 0.15) is 6.07 Å². The second kappa shape index (κ2) is 6.41. The van der Waals surface area contributed by atoms with Gasteiger partial charge in [-0.15, -0.1) is 0 Å². The molecule has 0 saturated heterocycles. The molecule has 1 rings (SSSR count). The minimum atomic E-state index is -0.675. The van der Waals surface area contributed by atoms with Crippen molar-refractivity contribution in [2.75, 3.05) is 0 Å². The lowest BCUT2D eigenvalue weighted by Gasteiger charge is -2.12. The molecule has 3 nitrogen and oxygen atoms in total. The third kappa shape index (κ3) is 4.58. The van der Waals surface area contributed by atoms with Gasteiger partial charge >= 0.3 is 5.97 Å². The molecular formula is C13H14BrNO2. The normalized spacial score (nSPS) is 11.9. The van der Waals surface area contributed by atoms with Crippen LogP contribution >= 0.6 is 15.9 Å². The van der Waals surface area contributed by atoms with E-state index >= 15 is 0 Å². The molecule has 1 aromatic carbocycles. The van der Waals surface area contributed by atoms with Gasteiger partial charge in [0.25, 0.3) is 0 Å². The van der Waals surface area contributed by atoms with Crippen LogP contribution in [-0.4, -0.2) is 12.1 Å². The summed E-state index contributed by atoms with van der Waals surface area (Å²) in [4.78, 5) is 11.7. The molecule has 0 aromatic heterocycles. The fourth-order valence-corrected chi connectivity index (χ4v) is 1.60. The van der Waals surface area contributed by atoms with Gasteiger partial charge in [-0.2, -0.15) is 5.26 Å². The Kier molecular flexibility index (Phi) is 5.17. The molecule has 90 valence electrons. The monoisotopic (exact) mass is 295 g/mol. The van der Waals surface area contributed by atoms with Gasteiger partial charge in [-0.25, -0.2) is 4.79 Å². The van der Waals surface area contributed by atoms with Crippen molar-refractivity contribution in [1.29, 1.82) is 5.26 Å². The van der Waals surface area contributed by atoms with Gasteiger partial charge in [-0.3, -0.25) is 0 Å². The van der Waals surface area contributed by atoms with Crippen LogP contribution in [0.1, 0.15) is 30.6 Å². The maximum Gasteiger partial charge on any atom is 0.339 e. The van der Waals surface area contributed by atoms with Crippen molar-refractivity contribution in [3.8, 4) is 6.07 Å². The predicted molar refractivity (Wildman–Crippen MR) is 68.4 cm³/mol. The molecule has 0 saturated carbocycles. The van der Waals surface area contributed by atoms with Crippen molar-refractivity contribution >= 4 is 21.9 Å². The highest BCUT2D eigenvalue weighted by atomic mass is 79.9. The summed E-state index contributed by atoms with van der Waals surface area (Å²) in [6, 6.07) is 8.85. The Hall–Kier alpha value is -1.34. The van der Waals surface area contributed by atoms with Crippen LogP contribution in [0.2, 0.25) is 0 Å². The zero-order valence-corrected chi connectivity index (χ0v) is 11.4. The predicted octanol–water partition coefficient (Wildman–Crippen LogP) is 3.54. The van der Waals surface area contributed by atoms with Crippen molar-refractivity contribution in [1.82, 2.24) is 0 Å². The molecule has 17 heavy (non-hydrogen) atoms. The molecule has 0 spiro atoms. The van der Waals surface area contributed by atoms with E-state index < -0.39 is 12.1 Å².